The molecule has 1 heterocycles. The molecule has 1 rings (SSSR count). The monoisotopic (exact) mass is 359 g/mol. The number of rotatable bonds is 17. The average Bonchev–Trinajstić information content (AvgIpc) is 2.66. The van der Waals surface area contributed by atoms with E-state index in [2.05, 4.69) is 19.9 Å². The molecular weight excluding hydrogens is 316 g/mol. The minimum Gasteiger partial charge on any atom is -0.238 e. The van der Waals surface area contributed by atoms with Crippen LogP contribution in [0.2, 0.25) is 0 Å². The third-order valence-electron chi connectivity index (χ3n) is 5.18. The molecule has 149 valence electrons. The maximum Gasteiger partial charge on any atom is 0.132 e. The molecule has 0 N–H and O–H groups in total. The molecule has 2 heteroatoms. The van der Waals surface area contributed by atoms with Gasteiger partial charge in [-0.05, 0) is 31.7 Å². The van der Waals surface area contributed by atoms with Crippen molar-refractivity contribution >= 4 is 0 Å². The van der Waals surface area contributed by atoms with Gasteiger partial charge in [0.15, 0.2) is 0 Å². The molecular formula is C24H43N2. The molecule has 1 radical (unpaired) electrons. The first kappa shape index (κ1) is 23.1. The van der Waals surface area contributed by atoms with Crippen LogP contribution in [-0.2, 0) is 12.8 Å². The van der Waals surface area contributed by atoms with Crippen molar-refractivity contribution in [2.45, 2.75) is 124 Å². The summed E-state index contributed by atoms with van der Waals surface area (Å²) in [6.45, 7) is 6.60. The van der Waals surface area contributed by atoms with Gasteiger partial charge in [0.05, 0.1) is 0 Å². The summed E-state index contributed by atoms with van der Waals surface area (Å²) in [5.74, 6) is 0.920. The van der Waals surface area contributed by atoms with Crippen LogP contribution in [0, 0.1) is 6.42 Å². The van der Waals surface area contributed by atoms with Crippen molar-refractivity contribution in [3.63, 3.8) is 0 Å². The second-order valence-corrected chi connectivity index (χ2v) is 7.74. The molecule has 0 aliphatic carbocycles. The summed E-state index contributed by atoms with van der Waals surface area (Å²) in [4.78, 5) is 9.42. The van der Waals surface area contributed by atoms with E-state index in [0.29, 0.717) is 0 Å². The molecule has 0 amide bonds. The Bertz CT molecular complexity index is 406. The molecule has 0 fully saturated rings. The van der Waals surface area contributed by atoms with Gasteiger partial charge < -0.3 is 0 Å². The van der Waals surface area contributed by atoms with Gasteiger partial charge in [0, 0.05) is 17.8 Å². The van der Waals surface area contributed by atoms with E-state index in [0.717, 1.165) is 18.7 Å². The molecule has 2 nitrogen and oxygen atoms in total. The Hall–Kier alpha value is -0.920. The molecule has 0 unspecified atom stereocenters. The lowest BCUT2D eigenvalue weighted by atomic mass is 10.0. The van der Waals surface area contributed by atoms with Crippen molar-refractivity contribution in [2.75, 3.05) is 0 Å². The lowest BCUT2D eigenvalue weighted by Gasteiger charge is -2.08. The zero-order valence-corrected chi connectivity index (χ0v) is 17.9. The fraction of sp³-hybridized carbons (Fsp3) is 0.792. The number of hydrogen-bond acceptors (Lipinski definition) is 2. The Balaban J connectivity index is 2.28. The highest BCUT2D eigenvalue weighted by Crippen LogP contribution is 2.14. The summed E-state index contributed by atoms with van der Waals surface area (Å²) in [6.07, 6.45) is 23.3. The van der Waals surface area contributed by atoms with E-state index < -0.39 is 0 Å². The molecule has 0 aliphatic rings. The second-order valence-electron chi connectivity index (χ2n) is 7.74. The molecule has 1 aromatic rings. The van der Waals surface area contributed by atoms with Crippen LogP contribution >= 0.6 is 0 Å². The van der Waals surface area contributed by atoms with Gasteiger partial charge in [0.1, 0.15) is 5.82 Å². The summed E-state index contributed by atoms with van der Waals surface area (Å²) < 4.78 is 0. The Kier molecular flexibility index (Phi) is 14.5. The summed E-state index contributed by atoms with van der Waals surface area (Å²) in [5, 5.41) is 0. The van der Waals surface area contributed by atoms with Gasteiger partial charge in [-0.25, -0.2) is 9.97 Å². The van der Waals surface area contributed by atoms with E-state index in [-0.39, 0.29) is 0 Å². The minimum atomic E-state index is 0.920. The first-order valence-corrected chi connectivity index (χ1v) is 11.5. The SMILES string of the molecule is C[CH]c1nc(CCCCCCCCC)cc(CCCCCCCCC)n1. The van der Waals surface area contributed by atoms with E-state index in [4.69, 9.17) is 9.97 Å². The number of aryl methyl sites for hydroxylation is 2. The molecule has 0 saturated heterocycles. The van der Waals surface area contributed by atoms with Gasteiger partial charge in [-0.2, -0.15) is 0 Å². The molecule has 0 atom stereocenters. The fourth-order valence-corrected chi connectivity index (χ4v) is 3.49. The standard InChI is InChI=1S/C24H43N2/c1-4-7-9-11-13-15-17-19-22-21-23(26-24(6-3)25-22)20-18-16-14-12-10-8-5-2/h6,21H,4-5,7-20H2,1-3H3. The van der Waals surface area contributed by atoms with Gasteiger partial charge in [-0.1, -0.05) is 97.8 Å². The summed E-state index contributed by atoms with van der Waals surface area (Å²) in [6, 6.07) is 2.27. The Morgan fingerprint density at radius 2 is 1.00 bits per heavy atom. The maximum absolute atomic E-state index is 4.71. The molecule has 0 saturated carbocycles. The smallest absolute Gasteiger partial charge is 0.132 e. The number of unbranched alkanes of at least 4 members (excludes halogenated alkanes) is 12. The average molecular weight is 360 g/mol. The van der Waals surface area contributed by atoms with Crippen LogP contribution in [-0.4, -0.2) is 9.97 Å². The van der Waals surface area contributed by atoms with Gasteiger partial charge in [0.25, 0.3) is 0 Å². The van der Waals surface area contributed by atoms with Crippen LogP contribution in [0.3, 0.4) is 0 Å². The largest absolute Gasteiger partial charge is 0.238 e. The number of nitrogens with zero attached hydrogens (tertiary/aromatic N) is 2. The van der Waals surface area contributed by atoms with Crippen LogP contribution in [0.1, 0.15) is 128 Å². The van der Waals surface area contributed by atoms with Crippen LogP contribution in [0.5, 0.6) is 0 Å². The molecule has 0 aromatic carbocycles. The Morgan fingerprint density at radius 3 is 1.38 bits per heavy atom. The van der Waals surface area contributed by atoms with Crippen molar-refractivity contribution in [2.24, 2.45) is 0 Å². The lowest BCUT2D eigenvalue weighted by molar-refractivity contribution is 0.583. The van der Waals surface area contributed by atoms with Gasteiger partial charge in [-0.3, -0.25) is 0 Å². The van der Waals surface area contributed by atoms with Crippen molar-refractivity contribution in [1.82, 2.24) is 9.97 Å². The summed E-state index contributed by atoms with van der Waals surface area (Å²) in [7, 11) is 0. The molecule has 0 aliphatic heterocycles. The van der Waals surface area contributed by atoms with Crippen LogP contribution in [0.4, 0.5) is 0 Å². The third-order valence-corrected chi connectivity index (χ3v) is 5.18. The van der Waals surface area contributed by atoms with Crippen molar-refractivity contribution in [3.05, 3.63) is 29.7 Å². The topological polar surface area (TPSA) is 25.8 Å². The molecule has 0 spiro atoms. The van der Waals surface area contributed by atoms with E-state index >= 15 is 0 Å². The van der Waals surface area contributed by atoms with E-state index in [1.807, 2.05) is 13.3 Å². The van der Waals surface area contributed by atoms with Crippen molar-refractivity contribution < 1.29 is 0 Å². The molecule has 1 aromatic heterocycles. The first-order chi connectivity index (χ1) is 12.8. The van der Waals surface area contributed by atoms with E-state index in [9.17, 15) is 0 Å². The van der Waals surface area contributed by atoms with E-state index in [1.54, 1.807) is 0 Å². The van der Waals surface area contributed by atoms with Gasteiger partial charge in [0.2, 0.25) is 0 Å². The Labute approximate surface area is 163 Å². The highest BCUT2D eigenvalue weighted by Gasteiger charge is 2.04. The predicted octanol–water partition coefficient (Wildman–Crippen LogP) is 7.64. The van der Waals surface area contributed by atoms with E-state index in [1.165, 1.54) is 101 Å². The van der Waals surface area contributed by atoms with Gasteiger partial charge >= 0.3 is 0 Å². The van der Waals surface area contributed by atoms with Crippen LogP contribution in [0.25, 0.3) is 0 Å². The van der Waals surface area contributed by atoms with Crippen molar-refractivity contribution in [1.29, 1.82) is 0 Å². The van der Waals surface area contributed by atoms with Crippen LogP contribution < -0.4 is 0 Å². The number of hydrogen-bond donors (Lipinski definition) is 0. The minimum absolute atomic E-state index is 0.920. The fourth-order valence-electron chi connectivity index (χ4n) is 3.49. The van der Waals surface area contributed by atoms with Gasteiger partial charge in [-0.15, -0.1) is 0 Å². The number of aromatic nitrogens is 2. The highest BCUT2D eigenvalue weighted by molar-refractivity contribution is 5.15. The van der Waals surface area contributed by atoms with Crippen LogP contribution in [0.15, 0.2) is 6.07 Å². The summed E-state index contributed by atoms with van der Waals surface area (Å²) in [5.41, 5.74) is 2.50. The maximum atomic E-state index is 4.71. The predicted molar refractivity (Wildman–Crippen MR) is 115 cm³/mol. The lowest BCUT2D eigenvalue weighted by Crippen LogP contribution is -2.02. The first-order valence-electron chi connectivity index (χ1n) is 11.5. The molecule has 0 bridgehead atoms. The zero-order valence-electron chi connectivity index (χ0n) is 17.9. The quantitative estimate of drug-likeness (QED) is 0.267. The second kappa shape index (κ2) is 16.3. The summed E-state index contributed by atoms with van der Waals surface area (Å²) >= 11 is 0. The highest BCUT2D eigenvalue weighted by atomic mass is 14.9. The normalized spacial score (nSPS) is 11.2. The zero-order chi connectivity index (χ0) is 18.9. The van der Waals surface area contributed by atoms with Crippen molar-refractivity contribution in [3.8, 4) is 0 Å². The Morgan fingerprint density at radius 1 is 0.615 bits per heavy atom. The third kappa shape index (κ3) is 11.6. The molecule has 26 heavy (non-hydrogen) atoms.